The van der Waals surface area contributed by atoms with Crippen LogP contribution in [0.1, 0.15) is 35.7 Å². The summed E-state index contributed by atoms with van der Waals surface area (Å²) in [7, 11) is 3.88. The summed E-state index contributed by atoms with van der Waals surface area (Å²) < 4.78 is 2.58. The SMILES string of the molecule is CCCCn1c(O)c(N=NC(=O)/C(=C/c2ccc(N(C)C)cc2)NC(=O)c2ccccc2)c2cc(Br)ccc21. The number of fused-ring (bicyclic) bond motifs is 1. The van der Waals surface area contributed by atoms with E-state index in [-0.39, 0.29) is 17.3 Å². The molecule has 0 aliphatic carbocycles. The smallest absolute Gasteiger partial charge is 0.311 e. The minimum absolute atomic E-state index is 0.0411. The number of amides is 2. The van der Waals surface area contributed by atoms with E-state index in [1.54, 1.807) is 41.0 Å². The Kier molecular flexibility index (Phi) is 8.93. The minimum atomic E-state index is -0.750. The molecule has 0 saturated heterocycles. The highest BCUT2D eigenvalue weighted by atomic mass is 79.9. The Morgan fingerprint density at radius 2 is 1.77 bits per heavy atom. The van der Waals surface area contributed by atoms with E-state index in [0.717, 1.165) is 28.5 Å². The van der Waals surface area contributed by atoms with Gasteiger partial charge in [-0.3, -0.25) is 9.59 Å². The molecular formula is C30H30BrN5O3. The molecule has 9 heteroatoms. The summed E-state index contributed by atoms with van der Waals surface area (Å²) >= 11 is 3.47. The van der Waals surface area contributed by atoms with Crippen LogP contribution in [0.3, 0.4) is 0 Å². The lowest BCUT2D eigenvalue weighted by Crippen LogP contribution is -2.26. The summed E-state index contributed by atoms with van der Waals surface area (Å²) in [6, 6.07) is 21.7. The maximum absolute atomic E-state index is 13.3. The number of anilines is 1. The first kappa shape index (κ1) is 27.8. The molecule has 1 aromatic heterocycles. The second-order valence-electron chi connectivity index (χ2n) is 9.21. The molecule has 0 unspecified atom stereocenters. The molecule has 4 rings (SSSR count). The standard InChI is InChI=1S/C30H30BrN5O3/c1-4-5-17-36-26-16-13-22(31)19-24(26)27(30(36)39)33-34-29(38)25(32-28(37)21-9-7-6-8-10-21)18-20-11-14-23(15-12-20)35(2)3/h6-16,18-19,39H,4-5,17H2,1-3H3,(H,32,37)/b25-18-,34-33?. The van der Waals surface area contributed by atoms with Crippen LogP contribution in [0, 0.1) is 0 Å². The number of unbranched alkanes of at least 4 members (excludes halogenated alkanes) is 1. The molecule has 2 N–H and O–H groups in total. The lowest BCUT2D eigenvalue weighted by molar-refractivity contribution is -0.115. The number of aromatic nitrogens is 1. The zero-order valence-electron chi connectivity index (χ0n) is 22.1. The van der Waals surface area contributed by atoms with Crippen LogP contribution in [0.5, 0.6) is 5.88 Å². The maximum Gasteiger partial charge on any atom is 0.311 e. The van der Waals surface area contributed by atoms with Gasteiger partial charge in [-0.1, -0.05) is 59.6 Å². The highest BCUT2D eigenvalue weighted by Crippen LogP contribution is 2.40. The molecule has 0 radical (unpaired) electrons. The molecule has 3 aromatic carbocycles. The van der Waals surface area contributed by atoms with Crippen LogP contribution in [0.15, 0.2) is 93.2 Å². The summed E-state index contributed by atoms with van der Waals surface area (Å²) in [5.41, 5.74) is 3.04. The van der Waals surface area contributed by atoms with Crippen molar-refractivity contribution in [3.8, 4) is 5.88 Å². The number of nitrogens with one attached hydrogen (secondary N) is 1. The summed E-state index contributed by atoms with van der Waals surface area (Å²) in [4.78, 5) is 28.2. The van der Waals surface area contributed by atoms with Crippen LogP contribution in [0.4, 0.5) is 11.4 Å². The molecule has 0 aliphatic heterocycles. The number of carbonyl (C=O) groups is 2. The van der Waals surface area contributed by atoms with Crippen LogP contribution >= 0.6 is 15.9 Å². The largest absolute Gasteiger partial charge is 0.493 e. The van der Waals surface area contributed by atoms with Crippen molar-refractivity contribution in [2.24, 2.45) is 10.2 Å². The molecule has 0 atom stereocenters. The highest BCUT2D eigenvalue weighted by Gasteiger charge is 2.19. The van der Waals surface area contributed by atoms with Gasteiger partial charge in [0.05, 0.1) is 5.52 Å². The van der Waals surface area contributed by atoms with Gasteiger partial charge in [0.25, 0.3) is 5.91 Å². The van der Waals surface area contributed by atoms with Gasteiger partial charge in [0.1, 0.15) is 5.70 Å². The number of halogens is 1. The zero-order valence-corrected chi connectivity index (χ0v) is 23.6. The fourth-order valence-corrected chi connectivity index (χ4v) is 4.42. The van der Waals surface area contributed by atoms with Crippen molar-refractivity contribution in [3.63, 3.8) is 0 Å². The second-order valence-corrected chi connectivity index (χ2v) is 10.1. The number of rotatable bonds is 9. The third-order valence-corrected chi connectivity index (χ3v) is 6.68. The molecule has 0 fully saturated rings. The van der Waals surface area contributed by atoms with Gasteiger partial charge in [-0.2, -0.15) is 0 Å². The maximum atomic E-state index is 13.3. The van der Waals surface area contributed by atoms with Crippen molar-refractivity contribution < 1.29 is 14.7 Å². The molecule has 200 valence electrons. The average molecular weight is 589 g/mol. The van der Waals surface area contributed by atoms with E-state index in [0.29, 0.717) is 23.1 Å². The molecule has 0 bridgehead atoms. The van der Waals surface area contributed by atoms with Crippen molar-refractivity contribution in [1.29, 1.82) is 0 Å². The van der Waals surface area contributed by atoms with E-state index < -0.39 is 11.8 Å². The monoisotopic (exact) mass is 587 g/mol. The number of benzene rings is 3. The topological polar surface area (TPSA) is 99.3 Å². The fourth-order valence-electron chi connectivity index (χ4n) is 4.06. The third-order valence-electron chi connectivity index (χ3n) is 6.18. The first-order chi connectivity index (χ1) is 18.8. The first-order valence-corrected chi connectivity index (χ1v) is 13.4. The lowest BCUT2D eigenvalue weighted by Gasteiger charge is -2.12. The minimum Gasteiger partial charge on any atom is -0.493 e. The summed E-state index contributed by atoms with van der Waals surface area (Å²) in [6.07, 6.45) is 3.38. The van der Waals surface area contributed by atoms with Crippen molar-refractivity contribution in [1.82, 2.24) is 9.88 Å². The van der Waals surface area contributed by atoms with Crippen LogP contribution in [0.2, 0.25) is 0 Å². The Morgan fingerprint density at radius 3 is 2.44 bits per heavy atom. The van der Waals surface area contributed by atoms with Crippen LogP contribution in [-0.4, -0.2) is 35.6 Å². The average Bonchev–Trinajstić information content (AvgIpc) is 3.20. The molecule has 0 spiro atoms. The Labute approximate surface area is 235 Å². The number of hydrogen-bond acceptors (Lipinski definition) is 5. The molecule has 4 aromatic rings. The fraction of sp³-hybridized carbons (Fsp3) is 0.200. The molecular weight excluding hydrogens is 558 g/mol. The number of azo groups is 1. The Bertz CT molecular complexity index is 1540. The van der Waals surface area contributed by atoms with Gasteiger partial charge in [-0.05, 0) is 60.5 Å². The van der Waals surface area contributed by atoms with E-state index in [9.17, 15) is 14.7 Å². The van der Waals surface area contributed by atoms with Crippen LogP contribution in [0.25, 0.3) is 17.0 Å². The molecule has 8 nitrogen and oxygen atoms in total. The van der Waals surface area contributed by atoms with Crippen molar-refractivity contribution >= 4 is 56.1 Å². The normalized spacial score (nSPS) is 11.7. The zero-order chi connectivity index (χ0) is 27.9. The number of aromatic hydroxyl groups is 1. The van der Waals surface area contributed by atoms with Gasteiger partial charge in [0.15, 0.2) is 5.69 Å². The van der Waals surface area contributed by atoms with Crippen LogP contribution in [-0.2, 0) is 11.3 Å². The number of aryl methyl sites for hydroxylation is 1. The molecule has 0 aliphatic rings. The quantitative estimate of drug-likeness (QED) is 0.162. The highest BCUT2D eigenvalue weighted by molar-refractivity contribution is 9.10. The van der Waals surface area contributed by atoms with Crippen LogP contribution < -0.4 is 10.2 Å². The van der Waals surface area contributed by atoms with Gasteiger partial charge in [-0.15, -0.1) is 10.2 Å². The van der Waals surface area contributed by atoms with Crippen molar-refractivity contribution in [2.75, 3.05) is 19.0 Å². The van der Waals surface area contributed by atoms with Gasteiger partial charge in [0, 0.05) is 41.7 Å². The van der Waals surface area contributed by atoms with Gasteiger partial charge < -0.3 is 19.9 Å². The molecule has 0 saturated carbocycles. The van der Waals surface area contributed by atoms with E-state index in [4.69, 9.17) is 0 Å². The van der Waals surface area contributed by atoms with Gasteiger partial charge in [-0.25, -0.2) is 0 Å². The third kappa shape index (κ3) is 6.61. The molecule has 39 heavy (non-hydrogen) atoms. The Hall–Kier alpha value is -4.24. The predicted molar refractivity (Wildman–Crippen MR) is 158 cm³/mol. The predicted octanol–water partition coefficient (Wildman–Crippen LogP) is 7.06. The lowest BCUT2D eigenvalue weighted by atomic mass is 10.1. The number of nitrogens with zero attached hydrogens (tertiary/aromatic N) is 4. The Balaban J connectivity index is 1.70. The molecule has 1 heterocycles. The Morgan fingerprint density at radius 1 is 1.05 bits per heavy atom. The summed E-state index contributed by atoms with van der Waals surface area (Å²) in [5.74, 6) is -1.26. The van der Waals surface area contributed by atoms with E-state index in [2.05, 4.69) is 38.4 Å². The second kappa shape index (κ2) is 12.5. The van der Waals surface area contributed by atoms with E-state index in [1.165, 1.54) is 0 Å². The number of hydrogen-bond donors (Lipinski definition) is 2. The van der Waals surface area contributed by atoms with Crippen molar-refractivity contribution in [3.05, 3.63) is 94.1 Å². The van der Waals surface area contributed by atoms with E-state index >= 15 is 0 Å². The summed E-state index contributed by atoms with van der Waals surface area (Å²) in [5, 5.41) is 22.4. The summed E-state index contributed by atoms with van der Waals surface area (Å²) in [6.45, 7) is 2.68. The van der Waals surface area contributed by atoms with Crippen molar-refractivity contribution in [2.45, 2.75) is 26.3 Å². The first-order valence-electron chi connectivity index (χ1n) is 12.6. The van der Waals surface area contributed by atoms with E-state index in [1.807, 2.05) is 61.5 Å². The van der Waals surface area contributed by atoms with Gasteiger partial charge in [0.2, 0.25) is 5.88 Å². The molecule has 2 amide bonds. The van der Waals surface area contributed by atoms with Gasteiger partial charge >= 0.3 is 5.91 Å². The number of carbonyl (C=O) groups excluding carboxylic acids is 2.